The lowest BCUT2D eigenvalue weighted by Crippen LogP contribution is -2.43. The molecule has 0 heterocycles. The van der Waals surface area contributed by atoms with Crippen molar-refractivity contribution >= 4 is 17.6 Å². The highest BCUT2D eigenvalue weighted by molar-refractivity contribution is 5.95. The Balaban J connectivity index is 0.00000480. The molecule has 2 amide bonds. The number of hydrogen-bond acceptors (Lipinski definition) is 4. The Morgan fingerprint density at radius 3 is 2.20 bits per heavy atom. The van der Waals surface area contributed by atoms with Gasteiger partial charge in [0.05, 0.1) is 0 Å². The topological polar surface area (TPSA) is 128 Å². The second-order valence-electron chi connectivity index (χ2n) is 7.54. The molecule has 162 valence electrons. The average Bonchev–Trinajstić information content (AvgIpc) is 2.75. The normalized spacial score (nSPS) is 13.7. The smallest absolute Gasteiger partial charge is 0.247 e. The minimum absolute atomic E-state index is 0. The van der Waals surface area contributed by atoms with E-state index in [1.54, 1.807) is 36.4 Å². The van der Waals surface area contributed by atoms with Gasteiger partial charge in [-0.05, 0) is 29.2 Å². The molecule has 0 spiro atoms. The third-order valence-corrected chi connectivity index (χ3v) is 5.42. The Morgan fingerprint density at radius 1 is 1.07 bits per heavy atom. The molecule has 0 aliphatic rings. The van der Waals surface area contributed by atoms with Gasteiger partial charge in [-0.2, -0.15) is 0 Å². The van der Waals surface area contributed by atoms with E-state index < -0.39 is 6.04 Å². The lowest BCUT2D eigenvalue weighted by atomic mass is 9.92. The monoisotopic (exact) mass is 412 g/mol. The SMILES string of the molecule is CCC(C)[C@@H](C)C(=O)N[C@H](C(=O)NCc1ccc(C(=N)N)cc1)c1ccc(O)cc1.[HH]. The predicted octanol–water partition coefficient (Wildman–Crippen LogP) is 3.08. The van der Waals surface area contributed by atoms with Crippen LogP contribution in [-0.2, 0) is 16.1 Å². The number of nitrogens with two attached hydrogens (primary N) is 1. The highest BCUT2D eigenvalue weighted by Gasteiger charge is 2.27. The van der Waals surface area contributed by atoms with Crippen LogP contribution < -0.4 is 16.4 Å². The molecular weight excluding hydrogens is 380 g/mol. The maximum absolute atomic E-state index is 12.9. The zero-order valence-electron chi connectivity index (χ0n) is 17.6. The van der Waals surface area contributed by atoms with Crippen LogP contribution in [0.15, 0.2) is 48.5 Å². The van der Waals surface area contributed by atoms with Crippen LogP contribution in [-0.4, -0.2) is 22.8 Å². The number of phenolic OH excluding ortho intramolecular Hbond substituents is 1. The Bertz CT molecular complexity index is 885. The number of amidine groups is 1. The molecule has 2 rings (SSSR count). The van der Waals surface area contributed by atoms with Crippen molar-refractivity contribution in [3.05, 3.63) is 65.2 Å². The summed E-state index contributed by atoms with van der Waals surface area (Å²) in [4.78, 5) is 25.6. The predicted molar refractivity (Wildman–Crippen MR) is 119 cm³/mol. The van der Waals surface area contributed by atoms with Crippen molar-refractivity contribution in [1.29, 1.82) is 5.41 Å². The molecule has 7 heteroatoms. The van der Waals surface area contributed by atoms with Crippen molar-refractivity contribution in [2.75, 3.05) is 0 Å². The van der Waals surface area contributed by atoms with Gasteiger partial charge < -0.3 is 21.5 Å². The maximum Gasteiger partial charge on any atom is 0.247 e. The fraction of sp³-hybridized carbons (Fsp3) is 0.348. The third-order valence-electron chi connectivity index (χ3n) is 5.42. The van der Waals surface area contributed by atoms with E-state index >= 15 is 0 Å². The number of carbonyl (C=O) groups excluding carboxylic acids is 2. The number of nitrogens with one attached hydrogen (secondary N) is 3. The number of phenols is 1. The summed E-state index contributed by atoms with van der Waals surface area (Å²) in [6.07, 6.45) is 0.862. The van der Waals surface area contributed by atoms with E-state index in [2.05, 4.69) is 10.6 Å². The average molecular weight is 413 g/mol. The van der Waals surface area contributed by atoms with E-state index in [9.17, 15) is 14.7 Å². The number of aromatic hydroxyl groups is 1. The number of nitrogen functional groups attached to an aromatic ring is 1. The quantitative estimate of drug-likeness (QED) is 0.320. The zero-order valence-corrected chi connectivity index (χ0v) is 17.6. The summed E-state index contributed by atoms with van der Waals surface area (Å²) in [6, 6.07) is 12.4. The Labute approximate surface area is 178 Å². The molecule has 0 aromatic heterocycles. The van der Waals surface area contributed by atoms with Gasteiger partial charge in [-0.25, -0.2) is 0 Å². The molecule has 2 aromatic carbocycles. The first-order chi connectivity index (χ1) is 14.2. The fourth-order valence-corrected chi connectivity index (χ4v) is 2.95. The molecule has 0 aliphatic carbocycles. The molecule has 6 N–H and O–H groups in total. The second kappa shape index (κ2) is 10.4. The van der Waals surface area contributed by atoms with E-state index in [1.165, 1.54) is 12.1 Å². The second-order valence-corrected chi connectivity index (χ2v) is 7.54. The van der Waals surface area contributed by atoms with Gasteiger partial charge >= 0.3 is 0 Å². The molecule has 7 nitrogen and oxygen atoms in total. The van der Waals surface area contributed by atoms with Crippen LogP contribution in [0, 0.1) is 17.2 Å². The summed E-state index contributed by atoms with van der Waals surface area (Å²) < 4.78 is 0. The van der Waals surface area contributed by atoms with Crippen molar-refractivity contribution in [1.82, 2.24) is 10.6 Å². The highest BCUT2D eigenvalue weighted by atomic mass is 16.3. The van der Waals surface area contributed by atoms with E-state index in [0.29, 0.717) is 11.1 Å². The fourth-order valence-electron chi connectivity index (χ4n) is 2.95. The first-order valence-electron chi connectivity index (χ1n) is 10.0. The Morgan fingerprint density at radius 2 is 1.67 bits per heavy atom. The third kappa shape index (κ3) is 6.07. The summed E-state index contributed by atoms with van der Waals surface area (Å²) >= 11 is 0. The van der Waals surface area contributed by atoms with Crippen LogP contribution in [0.1, 0.15) is 51.4 Å². The molecule has 30 heavy (non-hydrogen) atoms. The summed E-state index contributed by atoms with van der Waals surface area (Å²) in [5.41, 5.74) is 7.50. The van der Waals surface area contributed by atoms with Crippen LogP contribution in [0.5, 0.6) is 5.75 Å². The molecule has 1 unspecified atom stereocenters. The van der Waals surface area contributed by atoms with Crippen LogP contribution in [0.2, 0.25) is 0 Å². The van der Waals surface area contributed by atoms with Crippen molar-refractivity contribution in [2.24, 2.45) is 17.6 Å². The van der Waals surface area contributed by atoms with Gasteiger partial charge in [0.25, 0.3) is 0 Å². The molecular formula is C23H32N4O3. The molecule has 0 bridgehead atoms. The van der Waals surface area contributed by atoms with Gasteiger partial charge in [0.15, 0.2) is 0 Å². The van der Waals surface area contributed by atoms with Crippen molar-refractivity contribution < 1.29 is 16.1 Å². The minimum atomic E-state index is -0.874. The highest BCUT2D eigenvalue weighted by Crippen LogP contribution is 2.20. The van der Waals surface area contributed by atoms with Gasteiger partial charge in [0.2, 0.25) is 11.8 Å². The summed E-state index contributed by atoms with van der Waals surface area (Å²) in [7, 11) is 0. The number of benzene rings is 2. The van der Waals surface area contributed by atoms with Crippen LogP contribution in [0.4, 0.5) is 0 Å². The summed E-state index contributed by atoms with van der Waals surface area (Å²) in [6.45, 7) is 6.15. The maximum atomic E-state index is 12.9. The van der Waals surface area contributed by atoms with E-state index in [4.69, 9.17) is 11.1 Å². The molecule has 0 saturated heterocycles. The van der Waals surface area contributed by atoms with E-state index in [1.807, 2.05) is 20.8 Å². The van der Waals surface area contributed by atoms with Crippen molar-refractivity contribution in [3.63, 3.8) is 0 Å². The lowest BCUT2D eigenvalue weighted by molar-refractivity contribution is -0.132. The van der Waals surface area contributed by atoms with Crippen molar-refractivity contribution in [2.45, 2.75) is 39.8 Å². The molecule has 2 aromatic rings. The zero-order chi connectivity index (χ0) is 22.3. The van der Waals surface area contributed by atoms with Gasteiger partial charge in [-0.15, -0.1) is 0 Å². The molecule has 3 atom stereocenters. The van der Waals surface area contributed by atoms with Crippen LogP contribution in [0.3, 0.4) is 0 Å². The minimum Gasteiger partial charge on any atom is -0.508 e. The summed E-state index contributed by atoms with van der Waals surface area (Å²) in [5, 5.41) is 22.7. The van der Waals surface area contributed by atoms with Crippen LogP contribution in [0.25, 0.3) is 0 Å². The Kier molecular flexibility index (Phi) is 7.98. The molecule has 0 radical (unpaired) electrons. The molecule has 0 fully saturated rings. The summed E-state index contributed by atoms with van der Waals surface area (Å²) in [5.74, 6) is -0.516. The number of rotatable bonds is 9. The molecule has 0 saturated carbocycles. The number of hydrogen-bond donors (Lipinski definition) is 5. The number of amides is 2. The Hall–Kier alpha value is -3.35. The van der Waals surface area contributed by atoms with Crippen LogP contribution >= 0.6 is 0 Å². The largest absolute Gasteiger partial charge is 0.508 e. The van der Waals surface area contributed by atoms with Gasteiger partial charge in [-0.1, -0.05) is 63.6 Å². The lowest BCUT2D eigenvalue weighted by Gasteiger charge is -2.23. The van der Waals surface area contributed by atoms with E-state index in [-0.39, 0.29) is 43.2 Å². The standard InChI is InChI=1S/C23H30N4O3.H2/c1-4-14(2)15(3)22(29)27-20(17-9-11-19(28)12-10-17)23(30)26-13-16-5-7-18(8-6-16)21(24)25;/h5-12,14-15,20,28H,4,13H2,1-3H3,(H3,24,25)(H,26,30)(H,27,29);1H/t14?,15-,20+;/m1./s1. The van der Waals surface area contributed by atoms with Gasteiger partial charge in [0.1, 0.15) is 17.6 Å². The number of carbonyl (C=O) groups is 2. The van der Waals surface area contributed by atoms with E-state index in [0.717, 1.165) is 12.0 Å². The van der Waals surface area contributed by atoms with Crippen molar-refractivity contribution in [3.8, 4) is 5.75 Å². The molecule has 0 aliphatic heterocycles. The van der Waals surface area contributed by atoms with Gasteiger partial charge in [0, 0.05) is 19.5 Å². The van der Waals surface area contributed by atoms with Gasteiger partial charge in [-0.3, -0.25) is 15.0 Å². The first-order valence-corrected chi connectivity index (χ1v) is 10.0. The first kappa shape index (κ1) is 22.9.